The molecule has 22 heavy (non-hydrogen) atoms. The van der Waals surface area contributed by atoms with Gasteiger partial charge in [0.1, 0.15) is 0 Å². The minimum Gasteiger partial charge on any atom is -0.393 e. The van der Waals surface area contributed by atoms with E-state index in [1.807, 2.05) is 0 Å². The number of rotatable bonds is 5. The molecular weight excluding hydrogens is 276 g/mol. The van der Waals surface area contributed by atoms with Crippen molar-refractivity contribution in [1.82, 2.24) is 4.90 Å². The molecule has 1 heterocycles. The van der Waals surface area contributed by atoms with Gasteiger partial charge in [-0.25, -0.2) is 0 Å². The summed E-state index contributed by atoms with van der Waals surface area (Å²) in [4.78, 5) is 4.72. The Hall–Kier alpha value is -1.10. The van der Waals surface area contributed by atoms with Crippen LogP contribution in [0.15, 0.2) is 24.3 Å². The number of morpholine rings is 1. The van der Waals surface area contributed by atoms with Gasteiger partial charge in [0.15, 0.2) is 0 Å². The molecule has 1 N–H and O–H groups in total. The van der Waals surface area contributed by atoms with E-state index in [9.17, 15) is 5.11 Å². The van der Waals surface area contributed by atoms with Crippen LogP contribution in [0.1, 0.15) is 24.8 Å². The van der Waals surface area contributed by atoms with Gasteiger partial charge in [-0.2, -0.15) is 0 Å². The zero-order valence-corrected chi connectivity index (χ0v) is 13.6. The second-order valence-corrected chi connectivity index (χ2v) is 6.72. The highest BCUT2D eigenvalue weighted by molar-refractivity contribution is 5.47. The molecule has 0 aromatic heterocycles. The number of nitrogens with zero attached hydrogens (tertiary/aromatic N) is 2. The summed E-state index contributed by atoms with van der Waals surface area (Å²) in [5.41, 5.74) is 2.63. The zero-order valence-electron chi connectivity index (χ0n) is 13.6. The van der Waals surface area contributed by atoms with Gasteiger partial charge in [0.2, 0.25) is 0 Å². The number of anilines is 1. The maximum Gasteiger partial charge on any atom is 0.0642 e. The van der Waals surface area contributed by atoms with Gasteiger partial charge >= 0.3 is 0 Å². The van der Waals surface area contributed by atoms with Crippen molar-refractivity contribution in [2.75, 3.05) is 44.8 Å². The van der Waals surface area contributed by atoms with Crippen LogP contribution in [0, 0.1) is 5.92 Å². The quantitative estimate of drug-likeness (QED) is 0.904. The highest BCUT2D eigenvalue weighted by Crippen LogP contribution is 2.26. The van der Waals surface area contributed by atoms with Crippen LogP contribution >= 0.6 is 0 Å². The molecule has 2 atom stereocenters. The van der Waals surface area contributed by atoms with Crippen LogP contribution in [0.5, 0.6) is 0 Å². The van der Waals surface area contributed by atoms with Crippen molar-refractivity contribution in [2.24, 2.45) is 5.92 Å². The first kappa shape index (κ1) is 15.8. The zero-order chi connectivity index (χ0) is 15.4. The van der Waals surface area contributed by atoms with Crippen LogP contribution in [-0.2, 0) is 11.3 Å². The summed E-state index contributed by atoms with van der Waals surface area (Å²) in [6.45, 7) is 5.57. The number of aliphatic hydroxyl groups is 1. The maximum absolute atomic E-state index is 9.94. The van der Waals surface area contributed by atoms with Crippen molar-refractivity contribution < 1.29 is 9.84 Å². The van der Waals surface area contributed by atoms with Gasteiger partial charge in [0.05, 0.1) is 19.3 Å². The Kier molecular flexibility index (Phi) is 5.34. The van der Waals surface area contributed by atoms with Gasteiger partial charge in [-0.15, -0.1) is 0 Å². The number of benzene rings is 1. The van der Waals surface area contributed by atoms with Crippen molar-refractivity contribution >= 4 is 5.69 Å². The van der Waals surface area contributed by atoms with Crippen molar-refractivity contribution in [1.29, 1.82) is 0 Å². The standard InChI is InChI=1S/C18H28N2O2/c1-19(14-16-3-2-4-18(16)21)13-15-5-7-17(8-6-15)20-9-11-22-12-10-20/h5-8,16,18,21H,2-4,9-14H2,1H3. The monoisotopic (exact) mass is 304 g/mol. The molecule has 1 aliphatic carbocycles. The molecule has 1 saturated carbocycles. The predicted octanol–water partition coefficient (Wildman–Crippen LogP) is 2.12. The SMILES string of the molecule is CN(Cc1ccc(N2CCOCC2)cc1)CC1CCCC1O. The molecule has 0 bridgehead atoms. The minimum absolute atomic E-state index is 0.0915. The first-order chi connectivity index (χ1) is 10.7. The molecule has 122 valence electrons. The summed E-state index contributed by atoms with van der Waals surface area (Å²) in [6.07, 6.45) is 3.23. The van der Waals surface area contributed by atoms with Crippen LogP contribution < -0.4 is 4.90 Å². The van der Waals surface area contributed by atoms with Crippen molar-refractivity contribution in [3.05, 3.63) is 29.8 Å². The van der Waals surface area contributed by atoms with Gasteiger partial charge in [-0.05, 0) is 43.5 Å². The average molecular weight is 304 g/mol. The van der Waals surface area contributed by atoms with Crippen LogP contribution in [0.25, 0.3) is 0 Å². The molecule has 1 saturated heterocycles. The summed E-state index contributed by atoms with van der Waals surface area (Å²) in [6, 6.07) is 8.90. The molecule has 0 radical (unpaired) electrons. The molecule has 2 fully saturated rings. The fourth-order valence-corrected chi connectivity index (χ4v) is 3.64. The molecule has 3 rings (SSSR count). The molecule has 1 aliphatic heterocycles. The van der Waals surface area contributed by atoms with Crippen LogP contribution in [0.2, 0.25) is 0 Å². The van der Waals surface area contributed by atoms with E-state index in [-0.39, 0.29) is 6.10 Å². The summed E-state index contributed by atoms with van der Waals surface area (Å²) >= 11 is 0. The lowest BCUT2D eigenvalue weighted by molar-refractivity contribution is 0.108. The maximum atomic E-state index is 9.94. The lowest BCUT2D eigenvalue weighted by Gasteiger charge is -2.29. The van der Waals surface area contributed by atoms with E-state index in [0.29, 0.717) is 5.92 Å². The van der Waals surface area contributed by atoms with Gasteiger partial charge in [-0.3, -0.25) is 0 Å². The Balaban J connectivity index is 1.51. The Morgan fingerprint density at radius 3 is 2.55 bits per heavy atom. The molecule has 2 unspecified atom stereocenters. The third kappa shape index (κ3) is 4.00. The number of hydrogen-bond acceptors (Lipinski definition) is 4. The van der Waals surface area contributed by atoms with Gasteiger partial charge in [-0.1, -0.05) is 18.6 Å². The van der Waals surface area contributed by atoms with Gasteiger partial charge in [0, 0.05) is 31.9 Å². The van der Waals surface area contributed by atoms with Gasteiger partial charge < -0.3 is 19.6 Å². The molecule has 1 aromatic rings. The van der Waals surface area contributed by atoms with E-state index in [2.05, 4.69) is 41.1 Å². The van der Waals surface area contributed by atoms with E-state index in [0.717, 1.165) is 45.8 Å². The normalized spacial score (nSPS) is 25.9. The van der Waals surface area contributed by atoms with Crippen LogP contribution in [0.3, 0.4) is 0 Å². The summed E-state index contributed by atoms with van der Waals surface area (Å²) in [5.74, 6) is 0.456. The smallest absolute Gasteiger partial charge is 0.0642 e. The molecule has 0 amide bonds. The Bertz CT molecular complexity index is 457. The van der Waals surface area contributed by atoms with Crippen LogP contribution in [0.4, 0.5) is 5.69 Å². The molecular formula is C18H28N2O2. The van der Waals surface area contributed by atoms with Crippen molar-refractivity contribution in [2.45, 2.75) is 31.9 Å². The fourth-order valence-electron chi connectivity index (χ4n) is 3.64. The Morgan fingerprint density at radius 2 is 1.91 bits per heavy atom. The van der Waals surface area contributed by atoms with Crippen LogP contribution in [-0.4, -0.2) is 56.0 Å². The summed E-state index contributed by atoms with van der Waals surface area (Å²) in [5, 5.41) is 9.94. The average Bonchev–Trinajstić information content (AvgIpc) is 2.94. The minimum atomic E-state index is -0.0915. The second-order valence-electron chi connectivity index (χ2n) is 6.72. The predicted molar refractivity (Wildman–Crippen MR) is 89.2 cm³/mol. The highest BCUT2D eigenvalue weighted by Gasteiger charge is 2.26. The molecule has 1 aromatic carbocycles. The first-order valence-electron chi connectivity index (χ1n) is 8.50. The Morgan fingerprint density at radius 1 is 1.18 bits per heavy atom. The summed E-state index contributed by atoms with van der Waals surface area (Å²) in [7, 11) is 2.15. The van der Waals surface area contributed by atoms with Gasteiger partial charge in [0.25, 0.3) is 0 Å². The second kappa shape index (κ2) is 7.44. The van der Waals surface area contributed by atoms with E-state index in [1.165, 1.54) is 24.1 Å². The largest absolute Gasteiger partial charge is 0.393 e. The molecule has 0 spiro atoms. The number of aliphatic hydroxyl groups excluding tert-OH is 1. The third-order valence-electron chi connectivity index (χ3n) is 4.93. The van der Waals surface area contributed by atoms with Crippen molar-refractivity contribution in [3.8, 4) is 0 Å². The molecule has 4 nitrogen and oxygen atoms in total. The van der Waals surface area contributed by atoms with E-state index < -0.39 is 0 Å². The number of ether oxygens (including phenoxy) is 1. The third-order valence-corrected chi connectivity index (χ3v) is 4.93. The van der Waals surface area contributed by atoms with E-state index >= 15 is 0 Å². The summed E-state index contributed by atoms with van der Waals surface area (Å²) < 4.78 is 5.40. The number of hydrogen-bond donors (Lipinski definition) is 1. The lowest BCUT2D eigenvalue weighted by atomic mass is 10.1. The lowest BCUT2D eigenvalue weighted by Crippen LogP contribution is -2.36. The fraction of sp³-hybridized carbons (Fsp3) is 0.667. The van der Waals surface area contributed by atoms with E-state index in [1.54, 1.807) is 0 Å². The van der Waals surface area contributed by atoms with Crippen molar-refractivity contribution in [3.63, 3.8) is 0 Å². The topological polar surface area (TPSA) is 35.9 Å². The highest BCUT2D eigenvalue weighted by atomic mass is 16.5. The van der Waals surface area contributed by atoms with E-state index in [4.69, 9.17) is 4.74 Å². The molecule has 4 heteroatoms. The Labute approximate surface area is 133 Å². The first-order valence-corrected chi connectivity index (χ1v) is 8.50. The molecule has 2 aliphatic rings.